The SMILES string of the molecule is COc1ccccc1OCc1nnc(Cc2ccccc2)o1. The summed E-state index contributed by atoms with van der Waals surface area (Å²) < 4.78 is 16.5. The van der Waals surface area contributed by atoms with Gasteiger partial charge in [-0.1, -0.05) is 42.5 Å². The highest BCUT2D eigenvalue weighted by Gasteiger charge is 2.09. The Morgan fingerprint density at radius 3 is 2.32 bits per heavy atom. The van der Waals surface area contributed by atoms with Crippen LogP contribution in [0.2, 0.25) is 0 Å². The van der Waals surface area contributed by atoms with Gasteiger partial charge in [0.2, 0.25) is 5.89 Å². The molecule has 1 heterocycles. The van der Waals surface area contributed by atoms with E-state index in [4.69, 9.17) is 13.9 Å². The van der Waals surface area contributed by atoms with Gasteiger partial charge in [-0.15, -0.1) is 10.2 Å². The maximum Gasteiger partial charge on any atom is 0.253 e. The van der Waals surface area contributed by atoms with Crippen LogP contribution in [-0.2, 0) is 13.0 Å². The number of nitrogens with zero attached hydrogens (tertiary/aromatic N) is 2. The fourth-order valence-electron chi connectivity index (χ4n) is 2.07. The minimum absolute atomic E-state index is 0.210. The monoisotopic (exact) mass is 296 g/mol. The third-order valence-corrected chi connectivity index (χ3v) is 3.13. The Labute approximate surface area is 128 Å². The van der Waals surface area contributed by atoms with Gasteiger partial charge in [0.1, 0.15) is 0 Å². The molecule has 0 aliphatic rings. The molecule has 112 valence electrons. The van der Waals surface area contributed by atoms with Gasteiger partial charge < -0.3 is 13.9 Å². The van der Waals surface area contributed by atoms with E-state index in [1.807, 2.05) is 54.6 Å². The van der Waals surface area contributed by atoms with E-state index >= 15 is 0 Å². The Kier molecular flexibility index (Phi) is 4.34. The normalized spacial score (nSPS) is 10.4. The first kappa shape index (κ1) is 14.1. The number of methoxy groups -OCH3 is 1. The molecule has 0 unspecified atom stereocenters. The molecule has 0 amide bonds. The largest absolute Gasteiger partial charge is 0.493 e. The van der Waals surface area contributed by atoms with Crippen molar-refractivity contribution in [2.24, 2.45) is 0 Å². The van der Waals surface area contributed by atoms with Crippen LogP contribution in [0, 0.1) is 0 Å². The smallest absolute Gasteiger partial charge is 0.253 e. The molecule has 0 spiro atoms. The summed E-state index contributed by atoms with van der Waals surface area (Å²) in [5.74, 6) is 2.33. The lowest BCUT2D eigenvalue weighted by Gasteiger charge is -2.07. The van der Waals surface area contributed by atoms with Crippen LogP contribution in [-0.4, -0.2) is 17.3 Å². The van der Waals surface area contributed by atoms with Crippen LogP contribution in [0.3, 0.4) is 0 Å². The van der Waals surface area contributed by atoms with Crippen molar-refractivity contribution in [3.8, 4) is 11.5 Å². The van der Waals surface area contributed by atoms with Crippen molar-refractivity contribution in [3.63, 3.8) is 0 Å². The van der Waals surface area contributed by atoms with Crippen LogP contribution in [0.4, 0.5) is 0 Å². The van der Waals surface area contributed by atoms with Crippen LogP contribution in [0.5, 0.6) is 11.5 Å². The molecule has 0 bridgehead atoms. The second-order valence-corrected chi connectivity index (χ2v) is 4.69. The molecule has 22 heavy (non-hydrogen) atoms. The van der Waals surface area contributed by atoms with E-state index in [1.165, 1.54) is 0 Å². The number of benzene rings is 2. The van der Waals surface area contributed by atoms with E-state index in [-0.39, 0.29) is 6.61 Å². The van der Waals surface area contributed by atoms with Crippen molar-refractivity contribution in [1.29, 1.82) is 0 Å². The summed E-state index contributed by atoms with van der Waals surface area (Å²) in [7, 11) is 1.60. The fourth-order valence-corrected chi connectivity index (χ4v) is 2.07. The van der Waals surface area contributed by atoms with Gasteiger partial charge in [0.15, 0.2) is 18.1 Å². The number of rotatable bonds is 6. The van der Waals surface area contributed by atoms with Gasteiger partial charge in [-0.2, -0.15) is 0 Å². The van der Waals surface area contributed by atoms with Gasteiger partial charge >= 0.3 is 0 Å². The zero-order chi connectivity index (χ0) is 15.2. The molecule has 0 aliphatic carbocycles. The number of hydrogen-bond acceptors (Lipinski definition) is 5. The first-order chi connectivity index (χ1) is 10.8. The molecule has 0 aliphatic heterocycles. The van der Waals surface area contributed by atoms with Crippen molar-refractivity contribution in [2.45, 2.75) is 13.0 Å². The predicted molar refractivity (Wildman–Crippen MR) is 80.9 cm³/mol. The topological polar surface area (TPSA) is 57.4 Å². The zero-order valence-corrected chi connectivity index (χ0v) is 12.2. The lowest BCUT2D eigenvalue weighted by atomic mass is 10.2. The maximum absolute atomic E-state index is 5.66. The lowest BCUT2D eigenvalue weighted by molar-refractivity contribution is 0.247. The molecule has 0 atom stereocenters. The molecule has 1 aromatic heterocycles. The van der Waals surface area contributed by atoms with E-state index < -0.39 is 0 Å². The van der Waals surface area contributed by atoms with Gasteiger partial charge in [0.25, 0.3) is 5.89 Å². The second kappa shape index (κ2) is 6.76. The van der Waals surface area contributed by atoms with Crippen LogP contribution >= 0.6 is 0 Å². The Balaban J connectivity index is 1.62. The zero-order valence-electron chi connectivity index (χ0n) is 12.2. The Morgan fingerprint density at radius 1 is 0.864 bits per heavy atom. The van der Waals surface area contributed by atoms with Crippen LogP contribution in [0.1, 0.15) is 17.3 Å². The van der Waals surface area contributed by atoms with Crippen LogP contribution in [0.15, 0.2) is 59.0 Å². The third-order valence-electron chi connectivity index (χ3n) is 3.13. The molecule has 0 N–H and O–H groups in total. The molecule has 3 aromatic rings. The molecule has 0 saturated carbocycles. The van der Waals surface area contributed by atoms with Crippen LogP contribution < -0.4 is 9.47 Å². The molecule has 3 rings (SSSR count). The first-order valence-corrected chi connectivity index (χ1v) is 6.96. The standard InChI is InChI=1S/C17H16N2O3/c1-20-14-9-5-6-10-15(14)21-12-17-19-18-16(22-17)11-13-7-3-2-4-8-13/h2-10H,11-12H2,1H3. The molecular formula is C17H16N2O3. The minimum atomic E-state index is 0.210. The predicted octanol–water partition coefficient (Wildman–Crippen LogP) is 3.25. The number of hydrogen-bond donors (Lipinski definition) is 0. The highest BCUT2D eigenvalue weighted by Crippen LogP contribution is 2.26. The maximum atomic E-state index is 5.66. The number of aromatic nitrogens is 2. The molecule has 5 heteroatoms. The van der Waals surface area contributed by atoms with Gasteiger partial charge in [0, 0.05) is 0 Å². The van der Waals surface area contributed by atoms with E-state index in [0.717, 1.165) is 5.56 Å². The summed E-state index contributed by atoms with van der Waals surface area (Å²) in [5.41, 5.74) is 1.13. The van der Waals surface area contributed by atoms with E-state index in [0.29, 0.717) is 29.7 Å². The van der Waals surface area contributed by atoms with Crippen molar-refractivity contribution in [3.05, 3.63) is 71.9 Å². The average Bonchev–Trinajstić information content (AvgIpc) is 3.01. The summed E-state index contributed by atoms with van der Waals surface area (Å²) in [5, 5.41) is 8.04. The van der Waals surface area contributed by atoms with E-state index in [1.54, 1.807) is 7.11 Å². The van der Waals surface area contributed by atoms with Crippen molar-refractivity contribution < 1.29 is 13.9 Å². The fraction of sp³-hybridized carbons (Fsp3) is 0.176. The second-order valence-electron chi connectivity index (χ2n) is 4.69. The summed E-state index contributed by atoms with van der Waals surface area (Å²) in [4.78, 5) is 0. The Hall–Kier alpha value is -2.82. The minimum Gasteiger partial charge on any atom is -0.493 e. The molecular weight excluding hydrogens is 280 g/mol. The van der Waals surface area contributed by atoms with E-state index in [9.17, 15) is 0 Å². The summed E-state index contributed by atoms with van der Waals surface area (Å²) in [6.45, 7) is 0.210. The first-order valence-electron chi connectivity index (χ1n) is 6.96. The molecule has 0 radical (unpaired) electrons. The lowest BCUT2D eigenvalue weighted by Crippen LogP contribution is -1.97. The summed E-state index contributed by atoms with van der Waals surface area (Å²) >= 11 is 0. The number of ether oxygens (including phenoxy) is 2. The Bertz CT molecular complexity index is 726. The number of para-hydroxylation sites is 2. The van der Waals surface area contributed by atoms with Crippen molar-refractivity contribution in [2.75, 3.05) is 7.11 Å². The average molecular weight is 296 g/mol. The molecule has 0 fully saturated rings. The van der Waals surface area contributed by atoms with Gasteiger partial charge in [-0.3, -0.25) is 0 Å². The summed E-state index contributed by atoms with van der Waals surface area (Å²) in [6.07, 6.45) is 0.614. The molecule has 0 saturated heterocycles. The Morgan fingerprint density at radius 2 is 1.55 bits per heavy atom. The van der Waals surface area contributed by atoms with E-state index in [2.05, 4.69) is 10.2 Å². The van der Waals surface area contributed by atoms with Crippen molar-refractivity contribution in [1.82, 2.24) is 10.2 Å². The van der Waals surface area contributed by atoms with Gasteiger partial charge in [-0.05, 0) is 17.7 Å². The van der Waals surface area contributed by atoms with Crippen LogP contribution in [0.25, 0.3) is 0 Å². The quantitative estimate of drug-likeness (QED) is 0.699. The molecule has 5 nitrogen and oxygen atoms in total. The highest BCUT2D eigenvalue weighted by atomic mass is 16.5. The third kappa shape index (κ3) is 3.44. The molecule has 2 aromatic carbocycles. The van der Waals surface area contributed by atoms with Gasteiger partial charge in [0.05, 0.1) is 13.5 Å². The summed E-state index contributed by atoms with van der Waals surface area (Å²) in [6, 6.07) is 17.4. The van der Waals surface area contributed by atoms with Crippen molar-refractivity contribution >= 4 is 0 Å². The highest BCUT2D eigenvalue weighted by molar-refractivity contribution is 5.39. The van der Waals surface area contributed by atoms with Gasteiger partial charge in [-0.25, -0.2) is 0 Å².